The third-order valence-corrected chi connectivity index (χ3v) is 4.97. The maximum atomic E-state index is 13.3. The fourth-order valence-electron chi connectivity index (χ4n) is 3.68. The Kier molecular flexibility index (Phi) is 4.52. The minimum Gasteiger partial charge on any atom is -0.272 e. The van der Waals surface area contributed by atoms with Crippen LogP contribution >= 0.6 is 0 Å². The van der Waals surface area contributed by atoms with Gasteiger partial charge in [0.05, 0.1) is 23.4 Å². The summed E-state index contributed by atoms with van der Waals surface area (Å²) < 4.78 is 1.74. The summed E-state index contributed by atoms with van der Waals surface area (Å²) in [5.41, 5.74) is 2.89. The number of hydrogen-bond donors (Lipinski definition) is 0. The second kappa shape index (κ2) is 7.13. The van der Waals surface area contributed by atoms with Gasteiger partial charge >= 0.3 is 0 Å². The van der Waals surface area contributed by atoms with Crippen molar-refractivity contribution in [3.05, 3.63) is 88.1 Å². The molecule has 134 valence electrons. The lowest BCUT2D eigenvalue weighted by molar-refractivity contribution is 0.594. The van der Waals surface area contributed by atoms with Crippen molar-refractivity contribution in [1.29, 1.82) is 0 Å². The van der Waals surface area contributed by atoms with E-state index in [0.717, 1.165) is 22.6 Å². The van der Waals surface area contributed by atoms with Crippen molar-refractivity contribution >= 4 is 10.9 Å². The zero-order chi connectivity index (χ0) is 18.8. The highest BCUT2D eigenvalue weighted by Gasteiger charge is 2.34. The van der Waals surface area contributed by atoms with E-state index < -0.39 is 0 Å². The van der Waals surface area contributed by atoms with E-state index in [2.05, 4.69) is 29.0 Å². The topological polar surface area (TPSA) is 38.1 Å². The van der Waals surface area contributed by atoms with E-state index in [9.17, 15) is 4.79 Å². The van der Waals surface area contributed by atoms with Crippen LogP contribution in [0.25, 0.3) is 10.9 Å². The molecule has 1 aliphatic rings. The molecule has 0 saturated heterocycles. The third-order valence-electron chi connectivity index (χ3n) is 4.97. The molecule has 1 aromatic heterocycles. The molecule has 0 aliphatic carbocycles. The molecule has 0 bridgehead atoms. The van der Waals surface area contributed by atoms with Crippen molar-refractivity contribution in [2.45, 2.75) is 32.7 Å². The maximum absolute atomic E-state index is 13.3. The molecule has 4 nitrogen and oxygen atoms in total. The molecule has 0 saturated carbocycles. The van der Waals surface area contributed by atoms with Gasteiger partial charge in [-0.3, -0.25) is 9.80 Å². The highest BCUT2D eigenvalue weighted by Crippen LogP contribution is 2.33. The summed E-state index contributed by atoms with van der Waals surface area (Å²) in [6.45, 7) is 3.83. The van der Waals surface area contributed by atoms with Crippen molar-refractivity contribution in [3.63, 3.8) is 0 Å². The summed E-state index contributed by atoms with van der Waals surface area (Å²) in [5.74, 6) is 6.89. The van der Waals surface area contributed by atoms with Crippen LogP contribution < -0.4 is 10.6 Å². The molecule has 27 heavy (non-hydrogen) atoms. The normalized spacial score (nSPS) is 16.1. The number of rotatable bonds is 3. The Balaban J connectivity index is 1.94. The fraction of sp³-hybridized carbons (Fsp3) is 0.217. The maximum Gasteiger partial charge on any atom is 0.280 e. The van der Waals surface area contributed by atoms with Gasteiger partial charge in [0.2, 0.25) is 0 Å². The molecule has 0 N–H and O–H groups in total. The highest BCUT2D eigenvalue weighted by molar-refractivity contribution is 5.77. The summed E-state index contributed by atoms with van der Waals surface area (Å²) in [6, 6.07) is 17.8. The van der Waals surface area contributed by atoms with Crippen LogP contribution in [-0.4, -0.2) is 9.66 Å². The van der Waals surface area contributed by atoms with Gasteiger partial charge in [0.1, 0.15) is 5.82 Å². The summed E-state index contributed by atoms with van der Waals surface area (Å²) >= 11 is 0. The largest absolute Gasteiger partial charge is 0.280 e. The van der Waals surface area contributed by atoms with Crippen molar-refractivity contribution in [2.24, 2.45) is 0 Å². The Hall–Kier alpha value is -3.32. The third kappa shape index (κ3) is 2.92. The van der Waals surface area contributed by atoms with Crippen molar-refractivity contribution in [1.82, 2.24) is 9.66 Å². The number of benzene rings is 2. The first-order valence-corrected chi connectivity index (χ1v) is 9.14. The van der Waals surface area contributed by atoms with Crippen molar-refractivity contribution < 1.29 is 0 Å². The molecule has 1 atom stereocenters. The van der Waals surface area contributed by atoms with E-state index in [0.29, 0.717) is 18.2 Å². The average molecular weight is 355 g/mol. The Morgan fingerprint density at radius 1 is 1.19 bits per heavy atom. The predicted molar refractivity (Wildman–Crippen MR) is 109 cm³/mol. The zero-order valence-corrected chi connectivity index (χ0v) is 15.5. The van der Waals surface area contributed by atoms with Crippen LogP contribution in [0, 0.1) is 11.8 Å². The number of para-hydroxylation sites is 1. The molecule has 0 amide bonds. The molecule has 2 aromatic carbocycles. The van der Waals surface area contributed by atoms with Crippen molar-refractivity contribution in [2.75, 3.05) is 5.01 Å². The highest BCUT2D eigenvalue weighted by atomic mass is 16.1. The molecule has 1 unspecified atom stereocenters. The van der Waals surface area contributed by atoms with Crippen LogP contribution in [0.5, 0.6) is 0 Å². The SMILES string of the molecule is CC#CC/C(=C\C)N1C(c2ccccc2)Cc2nc3ccccc3c(=O)n21. The van der Waals surface area contributed by atoms with Gasteiger partial charge in [-0.25, -0.2) is 9.66 Å². The van der Waals surface area contributed by atoms with Crippen molar-refractivity contribution in [3.8, 4) is 11.8 Å². The van der Waals surface area contributed by atoms with Crippen LogP contribution in [0.3, 0.4) is 0 Å². The molecule has 4 rings (SSSR count). The minimum absolute atomic E-state index is 0.0214. The van der Waals surface area contributed by atoms with Crippen LogP contribution in [0.4, 0.5) is 0 Å². The Morgan fingerprint density at radius 3 is 2.67 bits per heavy atom. The van der Waals surface area contributed by atoms with E-state index in [1.807, 2.05) is 62.4 Å². The van der Waals surface area contributed by atoms with Gasteiger partial charge in [-0.05, 0) is 31.5 Å². The first-order chi connectivity index (χ1) is 13.2. The second-order valence-electron chi connectivity index (χ2n) is 6.52. The molecule has 1 aliphatic heterocycles. The monoisotopic (exact) mass is 355 g/mol. The second-order valence-corrected chi connectivity index (χ2v) is 6.52. The van der Waals surface area contributed by atoms with E-state index in [1.54, 1.807) is 4.68 Å². The molecular weight excluding hydrogens is 334 g/mol. The number of aromatic nitrogens is 2. The van der Waals surface area contributed by atoms with Crippen LogP contribution in [0.15, 0.2) is 71.2 Å². The van der Waals surface area contributed by atoms with Crippen LogP contribution in [0.1, 0.15) is 37.7 Å². The Labute approximate surface area is 158 Å². The van der Waals surface area contributed by atoms with Gasteiger partial charge in [-0.15, -0.1) is 5.92 Å². The quantitative estimate of drug-likeness (QED) is 0.668. The lowest BCUT2D eigenvalue weighted by Gasteiger charge is -2.29. The lowest BCUT2D eigenvalue weighted by Crippen LogP contribution is -2.40. The van der Waals surface area contributed by atoms with E-state index >= 15 is 0 Å². The Bertz CT molecular complexity index is 1130. The molecule has 0 spiro atoms. The first-order valence-electron chi connectivity index (χ1n) is 9.14. The van der Waals surface area contributed by atoms with Gasteiger partial charge in [-0.1, -0.05) is 54.5 Å². The van der Waals surface area contributed by atoms with E-state index in [1.165, 1.54) is 0 Å². The Morgan fingerprint density at radius 2 is 1.93 bits per heavy atom. The zero-order valence-electron chi connectivity index (χ0n) is 15.5. The molecule has 0 fully saturated rings. The van der Waals surface area contributed by atoms with Gasteiger partial charge in [0.25, 0.3) is 5.56 Å². The number of nitrogens with zero attached hydrogens (tertiary/aromatic N) is 3. The number of hydrogen-bond acceptors (Lipinski definition) is 3. The molecule has 3 aromatic rings. The molecule has 2 heterocycles. The smallest absolute Gasteiger partial charge is 0.272 e. The van der Waals surface area contributed by atoms with E-state index in [-0.39, 0.29) is 11.6 Å². The lowest BCUT2D eigenvalue weighted by atomic mass is 10.0. The predicted octanol–water partition coefficient (Wildman–Crippen LogP) is 3.95. The van der Waals surface area contributed by atoms with Crippen LogP contribution in [-0.2, 0) is 6.42 Å². The summed E-state index contributed by atoms with van der Waals surface area (Å²) in [4.78, 5) is 18.1. The van der Waals surface area contributed by atoms with Gasteiger partial charge in [0, 0.05) is 12.1 Å². The number of fused-ring (bicyclic) bond motifs is 2. The number of allylic oxidation sites excluding steroid dienone is 2. The first kappa shape index (κ1) is 17.1. The molecule has 0 radical (unpaired) electrons. The van der Waals surface area contributed by atoms with Gasteiger partial charge in [0.15, 0.2) is 0 Å². The molecule has 4 heteroatoms. The fourth-order valence-corrected chi connectivity index (χ4v) is 3.68. The minimum atomic E-state index is -0.0298. The molecular formula is C23H21N3O. The van der Waals surface area contributed by atoms with Gasteiger partial charge in [-0.2, -0.15) is 0 Å². The van der Waals surface area contributed by atoms with Crippen LogP contribution in [0.2, 0.25) is 0 Å². The average Bonchev–Trinajstić information content (AvgIpc) is 3.09. The summed E-state index contributed by atoms with van der Waals surface area (Å²) in [7, 11) is 0. The standard InChI is InChI=1S/C23H21N3O/c1-3-5-13-18(4-2)25-21(17-11-7-6-8-12-17)16-22-24-20-15-10-9-14-19(20)23(27)26(22)25/h4,6-12,14-15,21H,13,16H2,1-2H3/b18-4+. The van der Waals surface area contributed by atoms with Gasteiger partial charge < -0.3 is 0 Å². The summed E-state index contributed by atoms with van der Waals surface area (Å²) in [5, 5.41) is 2.72. The summed E-state index contributed by atoms with van der Waals surface area (Å²) in [6.07, 6.45) is 3.31. The van der Waals surface area contributed by atoms with E-state index in [4.69, 9.17) is 4.98 Å².